The molecule has 0 aliphatic carbocycles. The third kappa shape index (κ3) is 4.71. The van der Waals surface area contributed by atoms with Gasteiger partial charge in [0.05, 0.1) is 18.1 Å². The van der Waals surface area contributed by atoms with Gasteiger partial charge in [-0.1, -0.05) is 12.1 Å². The van der Waals surface area contributed by atoms with Crippen molar-refractivity contribution >= 4 is 27.1 Å². The minimum atomic E-state index is -3.07. The van der Waals surface area contributed by atoms with E-state index in [1.165, 1.54) is 0 Å². The summed E-state index contributed by atoms with van der Waals surface area (Å²) in [6.07, 6.45) is 0.488. The molecule has 0 saturated carbocycles. The number of hydrogen-bond acceptors (Lipinski definition) is 5. The van der Waals surface area contributed by atoms with Gasteiger partial charge in [0, 0.05) is 10.9 Å². The maximum atomic E-state index is 13.0. The zero-order valence-corrected chi connectivity index (χ0v) is 17.5. The Morgan fingerprint density at radius 2 is 2.00 bits per heavy atom. The Balaban J connectivity index is 1.76. The molecular weight excluding hydrogens is 382 g/mol. The largest absolute Gasteiger partial charge is 0.483 e. The van der Waals surface area contributed by atoms with Crippen molar-refractivity contribution in [2.24, 2.45) is 0 Å². The third-order valence-corrected chi connectivity index (χ3v) is 7.92. The van der Waals surface area contributed by atoms with Gasteiger partial charge in [-0.2, -0.15) is 0 Å². The highest BCUT2D eigenvalue weighted by Gasteiger charge is 2.35. The van der Waals surface area contributed by atoms with Gasteiger partial charge in [0.1, 0.15) is 5.75 Å². The maximum Gasteiger partial charge on any atom is 0.261 e. The Morgan fingerprint density at radius 3 is 2.63 bits per heavy atom. The molecule has 0 N–H and O–H groups in total. The molecule has 1 saturated heterocycles. The molecule has 146 valence electrons. The summed E-state index contributed by atoms with van der Waals surface area (Å²) >= 11 is 1.59. The van der Waals surface area contributed by atoms with Crippen LogP contribution < -0.4 is 4.74 Å². The number of carbonyl (C=O) groups excluding carboxylic acids is 1. The topological polar surface area (TPSA) is 63.7 Å². The molecule has 1 aromatic carbocycles. The van der Waals surface area contributed by atoms with Crippen molar-refractivity contribution in [1.29, 1.82) is 0 Å². The van der Waals surface area contributed by atoms with Crippen LogP contribution in [-0.2, 0) is 21.2 Å². The molecule has 2 aromatic rings. The van der Waals surface area contributed by atoms with E-state index in [-0.39, 0.29) is 30.1 Å². The fourth-order valence-electron chi connectivity index (χ4n) is 3.27. The fraction of sp³-hybridized carbons (Fsp3) is 0.450. The van der Waals surface area contributed by atoms with E-state index in [0.29, 0.717) is 18.7 Å². The standard InChI is InChI=1S/C20H25NO4S2/c1-14-5-4-6-18(16(14)3)25-12-20(22)21(11-19-15(2)7-9-26-19)17-8-10-27(23,24)13-17/h4-7,9,17H,8,10-13H2,1-3H3/t17-/m1/s1. The lowest BCUT2D eigenvalue weighted by molar-refractivity contribution is -0.135. The first kappa shape index (κ1) is 19.9. The zero-order chi connectivity index (χ0) is 19.6. The average molecular weight is 408 g/mol. The molecule has 1 amide bonds. The number of aryl methyl sites for hydroxylation is 2. The summed E-state index contributed by atoms with van der Waals surface area (Å²) in [5.74, 6) is 0.690. The van der Waals surface area contributed by atoms with Gasteiger partial charge >= 0.3 is 0 Å². The highest BCUT2D eigenvalue weighted by Crippen LogP contribution is 2.25. The summed E-state index contributed by atoms with van der Waals surface area (Å²) in [5, 5.41) is 1.99. The molecule has 1 aromatic heterocycles. The maximum absolute atomic E-state index is 13.0. The average Bonchev–Trinajstić information content (AvgIpc) is 3.18. The van der Waals surface area contributed by atoms with Crippen molar-refractivity contribution in [2.45, 2.75) is 39.8 Å². The summed E-state index contributed by atoms with van der Waals surface area (Å²) in [4.78, 5) is 15.7. The van der Waals surface area contributed by atoms with Crippen LogP contribution in [0.2, 0.25) is 0 Å². The van der Waals surface area contributed by atoms with Crippen molar-refractivity contribution in [3.63, 3.8) is 0 Å². The van der Waals surface area contributed by atoms with E-state index in [0.717, 1.165) is 21.6 Å². The Hall–Kier alpha value is -1.86. The second-order valence-corrected chi connectivity index (χ2v) is 10.3. The van der Waals surface area contributed by atoms with Gasteiger partial charge in [-0.25, -0.2) is 8.42 Å². The number of thiophene rings is 1. The molecule has 2 heterocycles. The Morgan fingerprint density at radius 1 is 1.22 bits per heavy atom. The van der Waals surface area contributed by atoms with Gasteiger partial charge in [-0.05, 0) is 61.4 Å². The van der Waals surface area contributed by atoms with Crippen LogP contribution in [-0.4, -0.2) is 43.4 Å². The highest BCUT2D eigenvalue weighted by atomic mass is 32.2. The number of rotatable bonds is 6. The van der Waals surface area contributed by atoms with Crippen molar-refractivity contribution in [1.82, 2.24) is 4.90 Å². The number of benzene rings is 1. The Kier molecular flexibility index (Phi) is 5.91. The van der Waals surface area contributed by atoms with Gasteiger partial charge in [0.25, 0.3) is 5.91 Å². The molecule has 0 unspecified atom stereocenters. The SMILES string of the molecule is Cc1ccsc1CN(C(=O)COc1cccc(C)c1C)[C@@H]1CCS(=O)(=O)C1. The van der Waals surface area contributed by atoms with Crippen LogP contribution in [0.3, 0.4) is 0 Å². The minimum absolute atomic E-state index is 0.0344. The monoisotopic (exact) mass is 407 g/mol. The van der Waals surface area contributed by atoms with E-state index in [2.05, 4.69) is 0 Å². The van der Waals surface area contributed by atoms with Crippen molar-refractivity contribution < 1.29 is 17.9 Å². The van der Waals surface area contributed by atoms with Crippen LogP contribution in [0.15, 0.2) is 29.6 Å². The molecule has 0 radical (unpaired) electrons. The summed E-state index contributed by atoms with van der Waals surface area (Å²) in [5.41, 5.74) is 3.23. The molecule has 1 fully saturated rings. The van der Waals surface area contributed by atoms with E-state index in [1.54, 1.807) is 16.2 Å². The van der Waals surface area contributed by atoms with Gasteiger partial charge in [-0.15, -0.1) is 11.3 Å². The fourth-order valence-corrected chi connectivity index (χ4v) is 5.90. The van der Waals surface area contributed by atoms with E-state index in [1.807, 2.05) is 50.4 Å². The third-order valence-electron chi connectivity index (χ3n) is 5.16. The predicted octanol–water partition coefficient (Wildman–Crippen LogP) is 3.27. The highest BCUT2D eigenvalue weighted by molar-refractivity contribution is 7.91. The zero-order valence-electron chi connectivity index (χ0n) is 15.9. The molecule has 5 nitrogen and oxygen atoms in total. The molecule has 27 heavy (non-hydrogen) atoms. The van der Waals surface area contributed by atoms with Crippen molar-refractivity contribution in [2.75, 3.05) is 18.1 Å². The Labute approximate surface area is 164 Å². The molecule has 7 heteroatoms. The van der Waals surface area contributed by atoms with E-state index < -0.39 is 9.84 Å². The van der Waals surface area contributed by atoms with Crippen LogP contribution in [0.4, 0.5) is 0 Å². The summed E-state index contributed by atoms with van der Waals surface area (Å²) < 4.78 is 29.6. The number of hydrogen-bond donors (Lipinski definition) is 0. The Bertz CT molecular complexity index is 933. The lowest BCUT2D eigenvalue weighted by Gasteiger charge is -2.28. The predicted molar refractivity (Wildman–Crippen MR) is 108 cm³/mol. The van der Waals surface area contributed by atoms with E-state index in [9.17, 15) is 13.2 Å². The molecule has 1 atom stereocenters. The summed E-state index contributed by atoms with van der Waals surface area (Å²) in [7, 11) is -3.07. The van der Waals surface area contributed by atoms with Crippen LogP contribution in [0.1, 0.15) is 28.0 Å². The normalized spacial score (nSPS) is 18.4. The molecule has 1 aliphatic rings. The lowest BCUT2D eigenvalue weighted by Crippen LogP contribution is -2.43. The first-order valence-electron chi connectivity index (χ1n) is 8.99. The molecular formula is C20H25NO4S2. The second-order valence-electron chi connectivity index (χ2n) is 7.09. The number of sulfone groups is 1. The van der Waals surface area contributed by atoms with Gasteiger partial charge in [-0.3, -0.25) is 4.79 Å². The summed E-state index contributed by atoms with van der Waals surface area (Å²) in [6, 6.07) is 7.48. The molecule has 0 bridgehead atoms. The number of nitrogens with zero attached hydrogens (tertiary/aromatic N) is 1. The van der Waals surface area contributed by atoms with Gasteiger partial charge in [0.2, 0.25) is 0 Å². The van der Waals surface area contributed by atoms with E-state index >= 15 is 0 Å². The number of ether oxygens (including phenoxy) is 1. The van der Waals surface area contributed by atoms with Crippen molar-refractivity contribution in [3.05, 3.63) is 51.2 Å². The molecule has 3 rings (SSSR count). The van der Waals surface area contributed by atoms with Crippen LogP contribution in [0.5, 0.6) is 5.75 Å². The smallest absolute Gasteiger partial charge is 0.261 e. The van der Waals surface area contributed by atoms with Crippen LogP contribution >= 0.6 is 11.3 Å². The molecule has 0 spiro atoms. The van der Waals surface area contributed by atoms with Crippen LogP contribution in [0, 0.1) is 20.8 Å². The first-order valence-corrected chi connectivity index (χ1v) is 11.7. The first-order chi connectivity index (χ1) is 12.8. The van der Waals surface area contributed by atoms with Crippen molar-refractivity contribution in [3.8, 4) is 5.75 Å². The number of carbonyl (C=O) groups is 1. The number of amides is 1. The van der Waals surface area contributed by atoms with Gasteiger partial charge in [0.15, 0.2) is 16.4 Å². The second kappa shape index (κ2) is 8.02. The quantitative estimate of drug-likeness (QED) is 0.737. The van der Waals surface area contributed by atoms with Crippen LogP contribution in [0.25, 0.3) is 0 Å². The molecule has 1 aliphatic heterocycles. The van der Waals surface area contributed by atoms with Gasteiger partial charge < -0.3 is 9.64 Å². The van der Waals surface area contributed by atoms with E-state index in [4.69, 9.17) is 4.74 Å². The minimum Gasteiger partial charge on any atom is -0.483 e. The summed E-state index contributed by atoms with van der Waals surface area (Å²) in [6.45, 7) is 6.31. The lowest BCUT2D eigenvalue weighted by atomic mass is 10.1.